The zero-order chi connectivity index (χ0) is 35.4. The van der Waals surface area contributed by atoms with Crippen LogP contribution in [0.25, 0.3) is 0 Å². The molecule has 0 aromatic carbocycles. The number of carbonyl (C=O) groups excluding carboxylic acids is 4. The first kappa shape index (κ1) is 40.4. The van der Waals surface area contributed by atoms with Crippen molar-refractivity contribution in [3.63, 3.8) is 0 Å². The number of nitrogens with one attached hydrogen (secondary N) is 6. The van der Waals surface area contributed by atoms with Gasteiger partial charge in [0, 0.05) is 31.6 Å². The van der Waals surface area contributed by atoms with Crippen LogP contribution in [0.2, 0.25) is 0 Å². The highest BCUT2D eigenvalue weighted by Crippen LogP contribution is 2.35. The van der Waals surface area contributed by atoms with Crippen LogP contribution in [0.5, 0.6) is 0 Å². The van der Waals surface area contributed by atoms with Gasteiger partial charge in [-0.2, -0.15) is 0 Å². The van der Waals surface area contributed by atoms with Crippen LogP contribution >= 0.6 is 0 Å². The third-order valence-corrected chi connectivity index (χ3v) is 9.15. The molecule has 2 rings (SSSR count). The second-order valence-corrected chi connectivity index (χ2v) is 15.3. The minimum absolute atomic E-state index is 0.137. The molecule has 14 heteroatoms. The number of likely N-dealkylation sites (tertiary alicyclic amines) is 1. The van der Waals surface area contributed by atoms with Gasteiger partial charge in [0.05, 0.1) is 28.9 Å². The molecule has 1 saturated heterocycles. The highest BCUT2D eigenvalue weighted by molar-refractivity contribution is 7.63. The second kappa shape index (κ2) is 18.7. The molecule has 0 aromatic rings. The summed E-state index contributed by atoms with van der Waals surface area (Å²) in [4.78, 5) is 54.5. The van der Waals surface area contributed by atoms with Gasteiger partial charge in [0.15, 0.2) is 0 Å². The smallest absolute Gasteiger partial charge is 0.376 e. The Morgan fingerprint density at radius 3 is 2.21 bits per heavy atom. The fourth-order valence-electron chi connectivity index (χ4n) is 5.73. The maximum Gasteiger partial charge on any atom is 0.587 e. The molecule has 266 valence electrons. The van der Waals surface area contributed by atoms with Crippen molar-refractivity contribution in [1.82, 2.24) is 36.2 Å². The number of amides is 4. The van der Waals surface area contributed by atoms with Gasteiger partial charge in [-0.25, -0.2) is 4.79 Å². The van der Waals surface area contributed by atoms with Crippen LogP contribution in [-0.4, -0.2) is 96.8 Å². The summed E-state index contributed by atoms with van der Waals surface area (Å²) in [5.74, 6) is -2.01. The Labute approximate surface area is 284 Å². The van der Waals surface area contributed by atoms with Crippen molar-refractivity contribution in [2.45, 2.75) is 104 Å². The van der Waals surface area contributed by atoms with Gasteiger partial charge in [-0.15, -0.1) is 13.2 Å². The van der Waals surface area contributed by atoms with E-state index < -0.39 is 53.4 Å². The molecule has 2 fully saturated rings. The Kier molecular flexibility index (Phi) is 16.1. The second-order valence-electron chi connectivity index (χ2n) is 14.8. The van der Waals surface area contributed by atoms with Gasteiger partial charge in [0.2, 0.25) is 11.7 Å². The van der Waals surface area contributed by atoms with Crippen LogP contribution in [-0.2, 0) is 30.4 Å². The Morgan fingerprint density at radius 1 is 0.979 bits per heavy atom. The minimum atomic E-state index is -1.24. The topological polar surface area (TPSA) is 181 Å². The van der Waals surface area contributed by atoms with Crippen LogP contribution in [0.1, 0.15) is 73.6 Å². The summed E-state index contributed by atoms with van der Waals surface area (Å²) in [6, 6.07) is -3.32. The monoisotopic (exact) mass is 680 g/mol. The number of Topliss-reactive ketones (excluding diaryl/α,β-unsaturated/α-hetero) is 1. The van der Waals surface area contributed by atoms with Gasteiger partial charge in [-0.3, -0.25) is 19.3 Å². The third kappa shape index (κ3) is 13.0. The van der Waals surface area contributed by atoms with Crippen molar-refractivity contribution in [2.24, 2.45) is 22.7 Å². The van der Waals surface area contributed by atoms with Crippen molar-refractivity contribution in [3.8, 4) is 0 Å². The lowest BCUT2D eigenvalue weighted by atomic mass is 9.84. The lowest BCUT2D eigenvalue weighted by Crippen LogP contribution is -2.64. The number of rotatable bonds is 20. The first-order valence-corrected chi connectivity index (χ1v) is 17.4. The molecule has 0 spiro atoms. The number of urea groups is 1. The Morgan fingerprint density at radius 2 is 1.66 bits per heavy atom. The molecular weight excluding hydrogens is 622 g/mol. The van der Waals surface area contributed by atoms with Crippen molar-refractivity contribution in [3.05, 3.63) is 25.3 Å². The number of aliphatic hydroxyl groups excluding tert-OH is 1. The maximum atomic E-state index is 13.9. The Balaban J connectivity index is 2.20. The molecule has 0 aromatic heterocycles. The van der Waals surface area contributed by atoms with E-state index in [0.717, 1.165) is 19.3 Å². The standard InChI is InChI=1S/C33H57N7O6S/c1-9-15-35-29(43)26(41)23(19-21-12-13-21)37-28(42)25-22(10-2)14-18-40(25)30(44)27(33(6,7)8)39-31(45)38-24(32(3,4)5)20-34-16-11-17-36-47-46/h9-10,21-25,27,30,34,44H,1-2,11-20H2,3-8H3,(H4-,35,36,37,38,39,42,43,45,46)/p+1/t22-,23?,24+,25-,27+,30?/m0/s1. The quantitative estimate of drug-likeness (QED) is 0.0331. The minimum Gasteiger partial charge on any atom is -0.376 e. The third-order valence-electron chi connectivity index (χ3n) is 8.83. The van der Waals surface area contributed by atoms with Crippen molar-refractivity contribution >= 4 is 35.5 Å². The molecule has 1 heterocycles. The van der Waals surface area contributed by atoms with Gasteiger partial charge in [-0.1, -0.05) is 66.5 Å². The number of hydrogen-bond acceptors (Lipinski definition) is 8. The average molecular weight is 681 g/mol. The number of nitrogens with zero attached hydrogens (tertiary/aromatic N) is 1. The SMILES string of the molecule is C=CCNC(=O)C(=O)C(CC1CC1)NC(=O)[C@@H]1[C@@H](C=C)CCN1C(O)[C@@H](NC(=O)N[C@H](CNCCCN[S+]=O)C(C)(C)C)C(C)(C)C. The van der Waals surface area contributed by atoms with E-state index in [1.165, 1.54) is 6.08 Å². The van der Waals surface area contributed by atoms with Crippen LogP contribution in [0, 0.1) is 22.7 Å². The van der Waals surface area contributed by atoms with Gasteiger partial charge < -0.3 is 31.7 Å². The van der Waals surface area contributed by atoms with E-state index in [0.29, 0.717) is 50.9 Å². The van der Waals surface area contributed by atoms with E-state index >= 15 is 0 Å². The van der Waals surface area contributed by atoms with Crippen LogP contribution in [0.4, 0.5) is 4.79 Å². The molecule has 2 aliphatic rings. The zero-order valence-corrected chi connectivity index (χ0v) is 29.8. The fourth-order valence-corrected chi connectivity index (χ4v) is 5.96. The largest absolute Gasteiger partial charge is 0.587 e. The van der Waals surface area contributed by atoms with Crippen molar-refractivity contribution in [2.75, 3.05) is 32.7 Å². The fraction of sp³-hybridized carbons (Fsp3) is 0.758. The number of carbonyl (C=O) groups is 4. The highest BCUT2D eigenvalue weighted by atomic mass is 32.2. The summed E-state index contributed by atoms with van der Waals surface area (Å²) in [7, 11) is 0. The van der Waals surface area contributed by atoms with Crippen LogP contribution in [0.3, 0.4) is 0 Å². The number of aliphatic hydroxyl groups is 1. The molecule has 1 aliphatic heterocycles. The molecule has 4 amide bonds. The van der Waals surface area contributed by atoms with E-state index in [1.54, 1.807) is 11.0 Å². The first-order chi connectivity index (χ1) is 22.0. The Hall–Kier alpha value is -2.78. The van der Waals surface area contributed by atoms with Crippen LogP contribution in [0.15, 0.2) is 25.3 Å². The lowest BCUT2D eigenvalue weighted by Gasteiger charge is -2.42. The summed E-state index contributed by atoms with van der Waals surface area (Å²) in [6.45, 7) is 21.5. The molecule has 6 atom stereocenters. The summed E-state index contributed by atoms with van der Waals surface area (Å²) < 4.78 is 13.2. The van der Waals surface area contributed by atoms with Gasteiger partial charge in [0.25, 0.3) is 5.91 Å². The summed E-state index contributed by atoms with van der Waals surface area (Å²) in [6.07, 6.45) is 5.44. The normalized spacial score (nSPS) is 21.1. The van der Waals surface area contributed by atoms with Gasteiger partial charge >= 0.3 is 17.9 Å². The average Bonchev–Trinajstić information content (AvgIpc) is 3.71. The van der Waals surface area contributed by atoms with E-state index in [-0.39, 0.29) is 29.8 Å². The zero-order valence-electron chi connectivity index (χ0n) is 29.0. The molecule has 7 N–H and O–H groups in total. The van der Waals surface area contributed by atoms with E-state index in [2.05, 4.69) is 44.5 Å². The van der Waals surface area contributed by atoms with Crippen molar-refractivity contribution in [1.29, 1.82) is 0 Å². The molecule has 1 aliphatic carbocycles. The summed E-state index contributed by atoms with van der Waals surface area (Å²) in [5.41, 5.74) is -0.893. The van der Waals surface area contributed by atoms with E-state index in [4.69, 9.17) is 0 Å². The van der Waals surface area contributed by atoms with Crippen LogP contribution < -0.4 is 31.3 Å². The first-order valence-electron chi connectivity index (χ1n) is 16.6. The molecule has 47 heavy (non-hydrogen) atoms. The number of hydrogen-bond donors (Lipinski definition) is 7. The molecule has 1 saturated carbocycles. The summed E-state index contributed by atoms with van der Waals surface area (Å²) in [5, 5.41) is 26.5. The lowest BCUT2D eigenvalue weighted by molar-refractivity contribution is -0.141. The van der Waals surface area contributed by atoms with Gasteiger partial charge in [0.1, 0.15) is 6.23 Å². The van der Waals surface area contributed by atoms with Gasteiger partial charge in [-0.05, 0) is 47.3 Å². The predicted octanol–water partition coefficient (Wildman–Crippen LogP) is 1.38. The number of ketones is 1. The predicted molar refractivity (Wildman–Crippen MR) is 184 cm³/mol. The maximum absolute atomic E-state index is 13.9. The summed E-state index contributed by atoms with van der Waals surface area (Å²) >= 11 is 0.337. The molecule has 2 unspecified atom stereocenters. The Bertz CT molecular complexity index is 1100. The molecule has 0 bridgehead atoms. The van der Waals surface area contributed by atoms with E-state index in [9.17, 15) is 28.5 Å². The van der Waals surface area contributed by atoms with Crippen molar-refractivity contribution < 1.29 is 28.5 Å². The highest BCUT2D eigenvalue weighted by Gasteiger charge is 2.47. The molecule has 13 nitrogen and oxygen atoms in total. The molecular formula is C33H58N7O6S+. The molecule has 0 radical (unpaired) electrons. The van der Waals surface area contributed by atoms with E-state index in [1.807, 2.05) is 41.5 Å².